The molecule has 0 atom stereocenters. The Morgan fingerprint density at radius 2 is 1.75 bits per heavy atom. The molecule has 0 aliphatic rings. The molecular formula is C21H21N3O3S. The van der Waals surface area contributed by atoms with Gasteiger partial charge in [0.1, 0.15) is 0 Å². The summed E-state index contributed by atoms with van der Waals surface area (Å²) in [5.41, 5.74) is 3.01. The molecule has 3 aromatic rings. The van der Waals surface area contributed by atoms with E-state index in [1.165, 1.54) is 12.1 Å². The van der Waals surface area contributed by atoms with Crippen molar-refractivity contribution in [2.24, 2.45) is 0 Å². The molecule has 0 aliphatic heterocycles. The number of amides is 1. The van der Waals surface area contributed by atoms with Crippen LogP contribution in [0.15, 0.2) is 77.8 Å². The largest absolute Gasteiger partial charge is 0.348 e. The summed E-state index contributed by atoms with van der Waals surface area (Å²) in [4.78, 5) is 16.5. The van der Waals surface area contributed by atoms with Crippen molar-refractivity contribution < 1.29 is 13.2 Å². The van der Waals surface area contributed by atoms with Crippen molar-refractivity contribution in [2.45, 2.75) is 24.9 Å². The summed E-state index contributed by atoms with van der Waals surface area (Å²) in [5.74, 6) is -0.331. The maximum Gasteiger partial charge on any atom is 0.251 e. The lowest BCUT2D eigenvalue weighted by atomic mass is 10.1. The summed E-state index contributed by atoms with van der Waals surface area (Å²) in [5, 5.41) is 2.81. The molecule has 0 saturated carbocycles. The third-order valence-electron chi connectivity index (χ3n) is 4.15. The van der Waals surface area contributed by atoms with E-state index in [2.05, 4.69) is 15.0 Å². The predicted octanol–water partition coefficient (Wildman–Crippen LogP) is 2.80. The summed E-state index contributed by atoms with van der Waals surface area (Å²) in [7, 11) is -3.76. The van der Waals surface area contributed by atoms with Gasteiger partial charge in [-0.15, -0.1) is 0 Å². The monoisotopic (exact) mass is 395 g/mol. The molecule has 3 rings (SSSR count). The Bertz CT molecular complexity index is 1050. The summed E-state index contributed by atoms with van der Waals surface area (Å²) >= 11 is 0. The summed E-state index contributed by atoms with van der Waals surface area (Å²) in [6.45, 7) is 2.44. The van der Waals surface area contributed by atoms with Gasteiger partial charge in [-0.25, -0.2) is 13.1 Å². The summed E-state index contributed by atoms with van der Waals surface area (Å²) in [6, 6.07) is 19.1. The third kappa shape index (κ3) is 5.25. The molecule has 0 saturated heterocycles. The minimum atomic E-state index is -3.76. The van der Waals surface area contributed by atoms with Crippen LogP contribution in [0.5, 0.6) is 0 Å². The lowest BCUT2D eigenvalue weighted by molar-refractivity contribution is 0.0950. The fraction of sp³-hybridized carbons (Fsp3) is 0.143. The number of benzene rings is 2. The van der Waals surface area contributed by atoms with E-state index in [1.807, 2.05) is 31.2 Å². The van der Waals surface area contributed by atoms with E-state index in [0.29, 0.717) is 12.2 Å². The van der Waals surface area contributed by atoms with Gasteiger partial charge in [0.05, 0.1) is 17.1 Å². The molecule has 2 aromatic carbocycles. The maximum absolute atomic E-state index is 12.5. The van der Waals surface area contributed by atoms with Crippen LogP contribution in [0.4, 0.5) is 0 Å². The van der Waals surface area contributed by atoms with Crippen LogP contribution in [0, 0.1) is 6.92 Å². The first-order valence-corrected chi connectivity index (χ1v) is 10.3. The zero-order chi connectivity index (χ0) is 20.0. The van der Waals surface area contributed by atoms with Gasteiger partial charge in [-0.05, 0) is 42.8 Å². The Balaban J connectivity index is 1.66. The normalized spacial score (nSPS) is 11.2. The van der Waals surface area contributed by atoms with Gasteiger partial charge in [-0.3, -0.25) is 9.78 Å². The molecule has 6 nitrogen and oxygen atoms in total. The fourth-order valence-corrected chi connectivity index (χ4v) is 3.59. The lowest BCUT2D eigenvalue weighted by Gasteiger charge is -2.09. The van der Waals surface area contributed by atoms with Crippen molar-refractivity contribution in [1.29, 1.82) is 0 Å². The van der Waals surface area contributed by atoms with Crippen LogP contribution < -0.4 is 10.0 Å². The topological polar surface area (TPSA) is 88.2 Å². The first kappa shape index (κ1) is 19.7. The zero-order valence-corrected chi connectivity index (χ0v) is 16.2. The minimum absolute atomic E-state index is 0.0337. The molecule has 7 heteroatoms. The Morgan fingerprint density at radius 1 is 0.964 bits per heavy atom. The van der Waals surface area contributed by atoms with Crippen LogP contribution in [-0.4, -0.2) is 19.3 Å². The Kier molecular flexibility index (Phi) is 6.18. The molecule has 0 spiro atoms. The van der Waals surface area contributed by atoms with Gasteiger partial charge >= 0.3 is 0 Å². The van der Waals surface area contributed by atoms with E-state index >= 15 is 0 Å². The highest BCUT2D eigenvalue weighted by atomic mass is 32.2. The van der Waals surface area contributed by atoms with Crippen LogP contribution in [0.3, 0.4) is 0 Å². The molecular weight excluding hydrogens is 374 g/mol. The third-order valence-corrected chi connectivity index (χ3v) is 5.55. The first-order valence-electron chi connectivity index (χ1n) is 8.77. The Hall–Kier alpha value is -3.03. The van der Waals surface area contributed by atoms with E-state index in [4.69, 9.17) is 0 Å². The van der Waals surface area contributed by atoms with E-state index in [-0.39, 0.29) is 22.9 Å². The van der Waals surface area contributed by atoms with Gasteiger partial charge in [0.15, 0.2) is 0 Å². The highest BCUT2D eigenvalue weighted by Crippen LogP contribution is 2.12. The van der Waals surface area contributed by atoms with Crippen molar-refractivity contribution in [3.63, 3.8) is 0 Å². The quantitative estimate of drug-likeness (QED) is 0.644. The molecule has 1 aromatic heterocycles. The molecule has 0 unspecified atom stereocenters. The molecule has 28 heavy (non-hydrogen) atoms. The SMILES string of the molecule is Cc1ccc(CNC(=O)c2cccc(S(=O)(=O)NCc3ccccn3)c2)cc1. The number of nitrogens with one attached hydrogen (secondary N) is 2. The maximum atomic E-state index is 12.5. The average molecular weight is 395 g/mol. The van der Waals surface area contributed by atoms with Crippen LogP contribution in [0.1, 0.15) is 27.2 Å². The van der Waals surface area contributed by atoms with Crippen molar-refractivity contribution in [1.82, 2.24) is 15.0 Å². The molecule has 0 bridgehead atoms. The first-order chi connectivity index (χ1) is 13.4. The molecule has 1 amide bonds. The van der Waals surface area contributed by atoms with Crippen LogP contribution in [-0.2, 0) is 23.1 Å². The number of carbonyl (C=O) groups excluding carboxylic acids is 1. The lowest BCUT2D eigenvalue weighted by Crippen LogP contribution is -2.25. The predicted molar refractivity (Wildman–Crippen MR) is 107 cm³/mol. The van der Waals surface area contributed by atoms with Gasteiger partial charge in [-0.2, -0.15) is 0 Å². The van der Waals surface area contributed by atoms with E-state index in [1.54, 1.807) is 36.5 Å². The van der Waals surface area contributed by atoms with Crippen LogP contribution >= 0.6 is 0 Å². The Morgan fingerprint density at radius 3 is 2.46 bits per heavy atom. The summed E-state index contributed by atoms with van der Waals surface area (Å²) in [6.07, 6.45) is 1.60. The molecule has 0 aliphatic carbocycles. The van der Waals surface area contributed by atoms with Crippen molar-refractivity contribution in [3.8, 4) is 0 Å². The number of pyridine rings is 1. The van der Waals surface area contributed by atoms with Gasteiger partial charge in [0, 0.05) is 18.3 Å². The zero-order valence-electron chi connectivity index (χ0n) is 15.4. The van der Waals surface area contributed by atoms with Gasteiger partial charge in [0.25, 0.3) is 5.91 Å². The number of rotatable bonds is 7. The second-order valence-corrected chi connectivity index (χ2v) is 8.11. The van der Waals surface area contributed by atoms with Gasteiger partial charge < -0.3 is 5.32 Å². The molecule has 144 valence electrons. The standard InChI is InChI=1S/C21H21N3O3S/c1-16-8-10-17(11-9-16)14-23-21(25)18-5-4-7-20(13-18)28(26,27)24-15-19-6-2-3-12-22-19/h2-13,24H,14-15H2,1H3,(H,23,25). The second kappa shape index (κ2) is 8.77. The van der Waals surface area contributed by atoms with Gasteiger partial charge in [0.2, 0.25) is 10.0 Å². The number of hydrogen-bond acceptors (Lipinski definition) is 4. The molecule has 0 radical (unpaired) electrons. The van der Waals surface area contributed by atoms with Crippen molar-refractivity contribution in [3.05, 3.63) is 95.3 Å². The average Bonchev–Trinajstić information content (AvgIpc) is 2.72. The molecule has 1 heterocycles. The number of aromatic nitrogens is 1. The number of sulfonamides is 1. The summed E-state index contributed by atoms with van der Waals surface area (Å²) < 4.78 is 27.5. The molecule has 2 N–H and O–H groups in total. The number of hydrogen-bond donors (Lipinski definition) is 2. The van der Waals surface area contributed by atoms with Crippen molar-refractivity contribution >= 4 is 15.9 Å². The number of nitrogens with zero attached hydrogens (tertiary/aromatic N) is 1. The number of carbonyl (C=O) groups is 1. The minimum Gasteiger partial charge on any atom is -0.348 e. The van der Waals surface area contributed by atoms with E-state index < -0.39 is 10.0 Å². The molecule has 0 fully saturated rings. The highest BCUT2D eigenvalue weighted by Gasteiger charge is 2.16. The van der Waals surface area contributed by atoms with Gasteiger partial charge in [-0.1, -0.05) is 42.0 Å². The number of aryl methyl sites for hydroxylation is 1. The Labute approximate surface area is 164 Å². The second-order valence-electron chi connectivity index (χ2n) is 6.34. The highest BCUT2D eigenvalue weighted by molar-refractivity contribution is 7.89. The van der Waals surface area contributed by atoms with Crippen molar-refractivity contribution in [2.75, 3.05) is 0 Å². The smallest absolute Gasteiger partial charge is 0.251 e. The van der Waals surface area contributed by atoms with Crippen LogP contribution in [0.2, 0.25) is 0 Å². The van der Waals surface area contributed by atoms with Crippen LogP contribution in [0.25, 0.3) is 0 Å². The van der Waals surface area contributed by atoms with E-state index in [9.17, 15) is 13.2 Å². The fourth-order valence-electron chi connectivity index (χ4n) is 2.55. The van der Waals surface area contributed by atoms with E-state index in [0.717, 1.165) is 11.1 Å².